The summed E-state index contributed by atoms with van der Waals surface area (Å²) in [5.74, 6) is -1.52. The van der Waals surface area contributed by atoms with E-state index in [9.17, 15) is 14.7 Å². The van der Waals surface area contributed by atoms with Gasteiger partial charge in [-0.15, -0.1) is 0 Å². The van der Waals surface area contributed by atoms with Crippen LogP contribution in [0.4, 0.5) is 5.69 Å². The number of para-hydroxylation sites is 1. The Bertz CT molecular complexity index is 698. The summed E-state index contributed by atoms with van der Waals surface area (Å²) in [6.07, 6.45) is 0. The normalized spacial score (nSPS) is 9.95. The van der Waals surface area contributed by atoms with Gasteiger partial charge in [0.1, 0.15) is 17.1 Å². The third-order valence-corrected chi connectivity index (χ3v) is 2.88. The SMILES string of the molecule is COc1cccc(O)c1C(=O)NC(=O)c1ccccc1N. The van der Waals surface area contributed by atoms with Crippen LogP contribution in [0.1, 0.15) is 20.7 Å². The summed E-state index contributed by atoms with van der Waals surface area (Å²) in [5.41, 5.74) is 6.00. The second-order valence-electron chi connectivity index (χ2n) is 4.22. The highest BCUT2D eigenvalue weighted by atomic mass is 16.5. The Morgan fingerprint density at radius 3 is 2.48 bits per heavy atom. The fourth-order valence-corrected chi connectivity index (χ4v) is 1.85. The van der Waals surface area contributed by atoms with Crippen LogP contribution < -0.4 is 15.8 Å². The summed E-state index contributed by atoms with van der Waals surface area (Å²) in [5, 5.41) is 11.9. The van der Waals surface area contributed by atoms with E-state index in [4.69, 9.17) is 10.5 Å². The van der Waals surface area contributed by atoms with Crippen molar-refractivity contribution >= 4 is 17.5 Å². The maximum atomic E-state index is 12.1. The van der Waals surface area contributed by atoms with Crippen molar-refractivity contribution in [3.05, 3.63) is 53.6 Å². The lowest BCUT2D eigenvalue weighted by Gasteiger charge is -2.10. The van der Waals surface area contributed by atoms with Gasteiger partial charge in [-0.05, 0) is 24.3 Å². The first-order valence-corrected chi connectivity index (χ1v) is 6.10. The van der Waals surface area contributed by atoms with Crippen LogP contribution in [0.15, 0.2) is 42.5 Å². The second-order valence-corrected chi connectivity index (χ2v) is 4.22. The highest BCUT2D eigenvalue weighted by Gasteiger charge is 2.20. The van der Waals surface area contributed by atoms with E-state index in [0.29, 0.717) is 0 Å². The number of carbonyl (C=O) groups is 2. The minimum atomic E-state index is -0.766. The molecule has 2 aromatic rings. The first kappa shape index (κ1) is 14.4. The lowest BCUT2D eigenvalue weighted by molar-refractivity contribution is 0.0847. The Hall–Kier alpha value is -3.02. The molecular formula is C15H14N2O4. The van der Waals surface area contributed by atoms with Crippen molar-refractivity contribution in [3.63, 3.8) is 0 Å². The molecule has 0 atom stereocenters. The zero-order chi connectivity index (χ0) is 15.4. The van der Waals surface area contributed by atoms with Gasteiger partial charge in [0.05, 0.1) is 12.7 Å². The molecule has 0 spiro atoms. The molecule has 0 radical (unpaired) electrons. The molecule has 0 aliphatic carbocycles. The van der Waals surface area contributed by atoms with E-state index >= 15 is 0 Å². The number of hydrogen-bond donors (Lipinski definition) is 3. The zero-order valence-corrected chi connectivity index (χ0v) is 11.3. The van der Waals surface area contributed by atoms with Crippen molar-refractivity contribution in [2.24, 2.45) is 0 Å². The number of ether oxygens (including phenoxy) is 1. The topological polar surface area (TPSA) is 102 Å². The smallest absolute Gasteiger partial charge is 0.265 e. The van der Waals surface area contributed by atoms with Crippen molar-refractivity contribution in [2.75, 3.05) is 12.8 Å². The van der Waals surface area contributed by atoms with Crippen LogP contribution in [0.5, 0.6) is 11.5 Å². The number of aromatic hydroxyl groups is 1. The molecule has 2 amide bonds. The molecule has 0 saturated heterocycles. The minimum Gasteiger partial charge on any atom is -0.507 e. The van der Waals surface area contributed by atoms with Gasteiger partial charge in [-0.2, -0.15) is 0 Å². The maximum Gasteiger partial charge on any atom is 0.265 e. The van der Waals surface area contributed by atoms with Gasteiger partial charge in [0.25, 0.3) is 11.8 Å². The fraction of sp³-hybridized carbons (Fsp3) is 0.0667. The zero-order valence-electron chi connectivity index (χ0n) is 11.3. The summed E-state index contributed by atoms with van der Waals surface area (Å²) >= 11 is 0. The summed E-state index contributed by atoms with van der Waals surface area (Å²) in [6, 6.07) is 10.7. The molecule has 2 aromatic carbocycles. The Kier molecular flexibility index (Phi) is 4.08. The number of rotatable bonds is 3. The number of nitrogens with one attached hydrogen (secondary N) is 1. The minimum absolute atomic E-state index is 0.108. The van der Waals surface area contributed by atoms with Gasteiger partial charge in [0.15, 0.2) is 0 Å². The van der Waals surface area contributed by atoms with E-state index in [1.807, 2.05) is 0 Å². The number of nitrogens with two attached hydrogens (primary N) is 1. The molecule has 108 valence electrons. The van der Waals surface area contributed by atoms with Crippen LogP contribution >= 0.6 is 0 Å². The summed E-state index contributed by atoms with van der Waals surface area (Å²) in [6.45, 7) is 0. The van der Waals surface area contributed by atoms with Gasteiger partial charge in [-0.25, -0.2) is 0 Å². The molecule has 6 heteroatoms. The van der Waals surface area contributed by atoms with Crippen LogP contribution in [0.3, 0.4) is 0 Å². The summed E-state index contributed by atoms with van der Waals surface area (Å²) in [7, 11) is 1.36. The van der Waals surface area contributed by atoms with Gasteiger partial charge < -0.3 is 15.6 Å². The van der Waals surface area contributed by atoms with Crippen molar-refractivity contribution in [2.45, 2.75) is 0 Å². The van der Waals surface area contributed by atoms with E-state index in [1.165, 1.54) is 31.4 Å². The molecule has 0 heterocycles. The number of carbonyl (C=O) groups excluding carboxylic acids is 2. The quantitative estimate of drug-likeness (QED) is 0.587. The number of benzene rings is 2. The third-order valence-electron chi connectivity index (χ3n) is 2.88. The number of amides is 2. The molecule has 4 N–H and O–H groups in total. The largest absolute Gasteiger partial charge is 0.507 e. The number of nitrogen functional groups attached to an aromatic ring is 1. The van der Waals surface area contributed by atoms with E-state index in [2.05, 4.69) is 5.32 Å². The molecule has 0 bridgehead atoms. The van der Waals surface area contributed by atoms with Gasteiger partial charge in [0, 0.05) is 5.69 Å². The van der Waals surface area contributed by atoms with Crippen molar-refractivity contribution in [3.8, 4) is 11.5 Å². The highest BCUT2D eigenvalue weighted by Crippen LogP contribution is 2.27. The monoisotopic (exact) mass is 286 g/mol. The van der Waals surface area contributed by atoms with E-state index in [1.54, 1.807) is 18.2 Å². The van der Waals surface area contributed by atoms with Crippen LogP contribution in [0.2, 0.25) is 0 Å². The molecule has 0 fully saturated rings. The average molecular weight is 286 g/mol. The molecule has 0 aliphatic rings. The Morgan fingerprint density at radius 2 is 1.81 bits per heavy atom. The van der Waals surface area contributed by atoms with Crippen molar-refractivity contribution in [1.29, 1.82) is 0 Å². The van der Waals surface area contributed by atoms with Crippen molar-refractivity contribution < 1.29 is 19.4 Å². The van der Waals surface area contributed by atoms with Crippen LogP contribution in [0, 0.1) is 0 Å². The van der Waals surface area contributed by atoms with Crippen LogP contribution in [0.25, 0.3) is 0 Å². The van der Waals surface area contributed by atoms with E-state index in [0.717, 1.165) is 0 Å². The van der Waals surface area contributed by atoms with E-state index < -0.39 is 11.8 Å². The molecule has 0 aliphatic heterocycles. The number of hydrogen-bond acceptors (Lipinski definition) is 5. The number of imide groups is 1. The third kappa shape index (κ3) is 2.94. The number of methoxy groups -OCH3 is 1. The van der Waals surface area contributed by atoms with Crippen LogP contribution in [-0.4, -0.2) is 24.0 Å². The van der Waals surface area contributed by atoms with Gasteiger partial charge in [-0.3, -0.25) is 14.9 Å². The first-order valence-electron chi connectivity index (χ1n) is 6.10. The van der Waals surface area contributed by atoms with Gasteiger partial charge in [-0.1, -0.05) is 18.2 Å². The predicted octanol–water partition coefficient (Wildman–Crippen LogP) is 1.55. The number of phenolic OH excluding ortho intramolecular Hbond substituents is 1. The molecule has 0 saturated carbocycles. The molecular weight excluding hydrogens is 272 g/mol. The summed E-state index contributed by atoms with van der Waals surface area (Å²) in [4.78, 5) is 24.2. The van der Waals surface area contributed by atoms with Crippen molar-refractivity contribution in [1.82, 2.24) is 5.32 Å². The Morgan fingerprint density at radius 1 is 1.10 bits per heavy atom. The lowest BCUT2D eigenvalue weighted by atomic mass is 10.1. The molecule has 21 heavy (non-hydrogen) atoms. The highest BCUT2D eigenvalue weighted by molar-refractivity contribution is 6.13. The molecule has 0 unspecified atom stereocenters. The Labute approximate surface area is 121 Å². The standard InChI is InChI=1S/C15H14N2O4/c1-21-12-8-4-7-11(18)13(12)15(20)17-14(19)9-5-2-3-6-10(9)16/h2-8,18H,16H2,1H3,(H,17,19,20). The predicted molar refractivity (Wildman–Crippen MR) is 77.3 cm³/mol. The second kappa shape index (κ2) is 5.96. The average Bonchev–Trinajstić information content (AvgIpc) is 2.46. The number of phenols is 1. The van der Waals surface area contributed by atoms with Gasteiger partial charge in [0.2, 0.25) is 0 Å². The molecule has 0 aromatic heterocycles. The number of anilines is 1. The first-order chi connectivity index (χ1) is 10.0. The van der Waals surface area contributed by atoms with Crippen LogP contribution in [-0.2, 0) is 0 Å². The Balaban J connectivity index is 2.27. The maximum absolute atomic E-state index is 12.1. The fourth-order valence-electron chi connectivity index (χ4n) is 1.85. The van der Waals surface area contributed by atoms with E-state index in [-0.39, 0.29) is 28.3 Å². The lowest BCUT2D eigenvalue weighted by Crippen LogP contribution is -2.31. The molecule has 6 nitrogen and oxygen atoms in total. The van der Waals surface area contributed by atoms with Gasteiger partial charge >= 0.3 is 0 Å². The summed E-state index contributed by atoms with van der Waals surface area (Å²) < 4.78 is 5.00. The molecule has 2 rings (SSSR count).